The Kier molecular flexibility index (Phi) is 6.81. The highest BCUT2D eigenvalue weighted by atomic mass is 16.5. The van der Waals surface area contributed by atoms with Gasteiger partial charge in [0.2, 0.25) is 0 Å². The summed E-state index contributed by atoms with van der Waals surface area (Å²) in [6.45, 7) is 4.47. The average molecular weight is 350 g/mol. The van der Waals surface area contributed by atoms with E-state index in [1.165, 1.54) is 11.6 Å². The number of anilines is 1. The number of aryl methyl sites for hydroxylation is 1. The predicted molar refractivity (Wildman–Crippen MR) is 102 cm³/mol. The number of rotatable bonds is 7. The molecule has 2 rings (SSSR count). The molecule has 0 aromatic heterocycles. The molecule has 1 N–H and O–H groups in total. The van der Waals surface area contributed by atoms with Gasteiger partial charge in [-0.2, -0.15) is 5.26 Å². The summed E-state index contributed by atoms with van der Waals surface area (Å²) in [5.74, 6) is 0.712. The van der Waals surface area contributed by atoms with Crippen molar-refractivity contribution in [3.8, 4) is 17.6 Å². The normalized spacial score (nSPS) is 10.8. The molecule has 0 aliphatic heterocycles. The maximum atomic E-state index is 12.4. The van der Waals surface area contributed by atoms with Crippen molar-refractivity contribution in [2.24, 2.45) is 0 Å². The molecule has 5 nitrogen and oxygen atoms in total. The molecule has 0 aliphatic rings. The van der Waals surface area contributed by atoms with E-state index in [1.54, 1.807) is 25.3 Å². The molecular formula is C21H22N2O3. The first kappa shape index (κ1) is 19.1. The second-order valence-corrected chi connectivity index (χ2v) is 5.52. The SMILES string of the molecule is CCOc1ccc(/C=C(/C#N)C(=O)Nc2ccc(CC)cc2)cc1OC. The molecule has 0 heterocycles. The fraction of sp³-hybridized carbons (Fsp3) is 0.238. The first-order valence-corrected chi connectivity index (χ1v) is 8.44. The number of benzene rings is 2. The van der Waals surface area contributed by atoms with Gasteiger partial charge in [0.15, 0.2) is 11.5 Å². The number of nitriles is 1. The lowest BCUT2D eigenvalue weighted by molar-refractivity contribution is -0.112. The van der Waals surface area contributed by atoms with Crippen molar-refractivity contribution >= 4 is 17.7 Å². The number of nitrogens with zero attached hydrogens (tertiary/aromatic N) is 1. The van der Waals surface area contributed by atoms with Crippen molar-refractivity contribution in [3.63, 3.8) is 0 Å². The Morgan fingerprint density at radius 1 is 1.15 bits per heavy atom. The monoisotopic (exact) mass is 350 g/mol. The van der Waals surface area contributed by atoms with Gasteiger partial charge in [0.1, 0.15) is 11.6 Å². The molecule has 2 aromatic carbocycles. The van der Waals surface area contributed by atoms with Gasteiger partial charge in [0.05, 0.1) is 13.7 Å². The van der Waals surface area contributed by atoms with E-state index in [0.29, 0.717) is 29.4 Å². The maximum Gasteiger partial charge on any atom is 0.266 e. The molecule has 0 aliphatic carbocycles. The number of hydrogen-bond donors (Lipinski definition) is 1. The van der Waals surface area contributed by atoms with Crippen molar-refractivity contribution in [1.29, 1.82) is 5.26 Å². The highest BCUT2D eigenvalue weighted by Crippen LogP contribution is 2.29. The Hall–Kier alpha value is -3.26. The number of ether oxygens (including phenoxy) is 2. The van der Waals surface area contributed by atoms with Crippen LogP contribution in [0.25, 0.3) is 6.08 Å². The summed E-state index contributed by atoms with van der Waals surface area (Å²) in [4.78, 5) is 12.4. The molecule has 0 bridgehead atoms. The summed E-state index contributed by atoms with van der Waals surface area (Å²) < 4.78 is 10.8. The van der Waals surface area contributed by atoms with Crippen molar-refractivity contribution in [2.45, 2.75) is 20.3 Å². The molecule has 0 spiro atoms. The molecule has 2 aromatic rings. The fourth-order valence-corrected chi connectivity index (χ4v) is 2.39. The van der Waals surface area contributed by atoms with Crippen molar-refractivity contribution in [2.75, 3.05) is 19.0 Å². The highest BCUT2D eigenvalue weighted by molar-refractivity contribution is 6.09. The van der Waals surface area contributed by atoms with Crippen LogP contribution in [0.4, 0.5) is 5.69 Å². The standard InChI is InChI=1S/C21H22N2O3/c1-4-15-6-9-18(10-7-15)23-21(24)17(14-22)12-16-8-11-19(26-5-2)20(13-16)25-3/h6-13H,4-5H2,1-3H3,(H,23,24)/b17-12-. The van der Waals surface area contributed by atoms with E-state index in [9.17, 15) is 10.1 Å². The quantitative estimate of drug-likeness (QED) is 0.600. The zero-order valence-electron chi connectivity index (χ0n) is 15.2. The van der Waals surface area contributed by atoms with Gasteiger partial charge in [-0.25, -0.2) is 0 Å². The zero-order valence-corrected chi connectivity index (χ0v) is 15.2. The van der Waals surface area contributed by atoms with Crippen molar-refractivity contribution in [3.05, 3.63) is 59.2 Å². The summed E-state index contributed by atoms with van der Waals surface area (Å²) in [6.07, 6.45) is 2.45. The van der Waals surface area contributed by atoms with Crippen molar-refractivity contribution < 1.29 is 14.3 Å². The lowest BCUT2D eigenvalue weighted by atomic mass is 10.1. The first-order chi connectivity index (χ1) is 12.6. The summed E-state index contributed by atoms with van der Waals surface area (Å²) in [5.41, 5.74) is 2.52. The van der Waals surface area contributed by atoms with Gasteiger partial charge in [-0.1, -0.05) is 25.1 Å². The van der Waals surface area contributed by atoms with Crippen LogP contribution in [-0.2, 0) is 11.2 Å². The maximum absolute atomic E-state index is 12.4. The van der Waals surface area contributed by atoms with Gasteiger partial charge >= 0.3 is 0 Å². The Morgan fingerprint density at radius 3 is 2.46 bits per heavy atom. The van der Waals surface area contributed by atoms with Gasteiger partial charge in [-0.05, 0) is 54.8 Å². The van der Waals surface area contributed by atoms with Gasteiger partial charge in [0.25, 0.3) is 5.91 Å². The van der Waals surface area contributed by atoms with E-state index < -0.39 is 5.91 Å². The second kappa shape index (κ2) is 9.28. The molecule has 26 heavy (non-hydrogen) atoms. The van der Waals surface area contributed by atoms with Gasteiger partial charge in [-0.15, -0.1) is 0 Å². The minimum absolute atomic E-state index is 0.00998. The number of carbonyl (C=O) groups excluding carboxylic acids is 1. The van der Waals surface area contributed by atoms with E-state index in [0.717, 1.165) is 6.42 Å². The molecule has 5 heteroatoms. The van der Waals surface area contributed by atoms with Crippen LogP contribution >= 0.6 is 0 Å². The van der Waals surface area contributed by atoms with Crippen LogP contribution in [0.1, 0.15) is 25.0 Å². The Labute approximate surface area is 153 Å². The summed E-state index contributed by atoms with van der Waals surface area (Å²) >= 11 is 0. The average Bonchev–Trinajstić information content (AvgIpc) is 2.67. The van der Waals surface area contributed by atoms with E-state index in [2.05, 4.69) is 12.2 Å². The van der Waals surface area contributed by atoms with Crippen LogP contribution in [0.15, 0.2) is 48.0 Å². The fourth-order valence-electron chi connectivity index (χ4n) is 2.39. The lowest BCUT2D eigenvalue weighted by Crippen LogP contribution is -2.13. The molecule has 1 amide bonds. The van der Waals surface area contributed by atoms with Gasteiger partial charge in [0, 0.05) is 5.69 Å². The largest absolute Gasteiger partial charge is 0.493 e. The Morgan fingerprint density at radius 2 is 1.88 bits per heavy atom. The second-order valence-electron chi connectivity index (χ2n) is 5.52. The molecule has 0 unspecified atom stereocenters. The van der Waals surface area contributed by atoms with E-state index in [1.807, 2.05) is 37.3 Å². The summed E-state index contributed by atoms with van der Waals surface area (Å²) in [6, 6.07) is 14.7. The van der Waals surface area contributed by atoms with E-state index >= 15 is 0 Å². The minimum atomic E-state index is -0.454. The zero-order chi connectivity index (χ0) is 18.9. The third-order valence-corrected chi connectivity index (χ3v) is 3.78. The molecular weight excluding hydrogens is 328 g/mol. The molecule has 0 atom stereocenters. The predicted octanol–water partition coefficient (Wildman–Crippen LogP) is 4.20. The molecule has 0 saturated heterocycles. The molecule has 134 valence electrons. The Bertz CT molecular complexity index is 833. The summed E-state index contributed by atoms with van der Waals surface area (Å²) in [5, 5.41) is 12.1. The number of hydrogen-bond acceptors (Lipinski definition) is 4. The van der Waals surface area contributed by atoms with E-state index in [4.69, 9.17) is 9.47 Å². The van der Waals surface area contributed by atoms with Crippen LogP contribution in [0, 0.1) is 11.3 Å². The number of amides is 1. The molecule has 0 fully saturated rings. The van der Waals surface area contributed by atoms with Crippen LogP contribution in [-0.4, -0.2) is 19.6 Å². The third kappa shape index (κ3) is 4.87. The van der Waals surface area contributed by atoms with Crippen molar-refractivity contribution in [1.82, 2.24) is 0 Å². The topological polar surface area (TPSA) is 71.3 Å². The summed E-state index contributed by atoms with van der Waals surface area (Å²) in [7, 11) is 1.54. The van der Waals surface area contributed by atoms with Crippen LogP contribution in [0.3, 0.4) is 0 Å². The van der Waals surface area contributed by atoms with Crippen LogP contribution < -0.4 is 14.8 Å². The van der Waals surface area contributed by atoms with Gasteiger partial charge < -0.3 is 14.8 Å². The minimum Gasteiger partial charge on any atom is -0.493 e. The smallest absolute Gasteiger partial charge is 0.266 e. The van der Waals surface area contributed by atoms with Gasteiger partial charge in [-0.3, -0.25) is 4.79 Å². The number of nitrogens with one attached hydrogen (secondary N) is 1. The number of methoxy groups -OCH3 is 1. The van der Waals surface area contributed by atoms with Crippen LogP contribution in [0.2, 0.25) is 0 Å². The Balaban J connectivity index is 2.20. The lowest BCUT2D eigenvalue weighted by Gasteiger charge is -2.10. The molecule has 0 saturated carbocycles. The third-order valence-electron chi connectivity index (χ3n) is 3.78. The number of carbonyl (C=O) groups is 1. The molecule has 0 radical (unpaired) electrons. The highest BCUT2D eigenvalue weighted by Gasteiger charge is 2.11. The van der Waals surface area contributed by atoms with Crippen LogP contribution in [0.5, 0.6) is 11.5 Å². The van der Waals surface area contributed by atoms with E-state index in [-0.39, 0.29) is 5.57 Å². The first-order valence-electron chi connectivity index (χ1n) is 8.44.